The van der Waals surface area contributed by atoms with Gasteiger partial charge in [-0.1, -0.05) is 358 Å². The minimum atomic E-state index is -0.109. The summed E-state index contributed by atoms with van der Waals surface area (Å²) < 4.78 is 0. The van der Waals surface area contributed by atoms with Crippen LogP contribution >= 0.6 is 0 Å². The first kappa shape index (κ1) is 67.2. The second kappa shape index (κ2) is 34.3. The van der Waals surface area contributed by atoms with Gasteiger partial charge in [-0.15, -0.1) is 0 Å². The molecule has 0 saturated heterocycles. The molecular weight excluding hydrogens is 1120 g/mol. The van der Waals surface area contributed by atoms with Gasteiger partial charge in [0.05, 0.1) is 5.69 Å². The van der Waals surface area contributed by atoms with Crippen LogP contribution in [0.3, 0.4) is 0 Å². The van der Waals surface area contributed by atoms with Crippen LogP contribution in [0.2, 0.25) is 0 Å². The third kappa shape index (κ3) is 16.1. The largest absolute Gasteiger partial charge is 0.310 e. The lowest BCUT2D eigenvalue weighted by Crippen LogP contribution is -2.27. The van der Waals surface area contributed by atoms with Gasteiger partial charge in [-0.05, 0) is 171 Å². The molecule has 0 heterocycles. The Kier molecular flexibility index (Phi) is 24.8. The summed E-state index contributed by atoms with van der Waals surface area (Å²) in [5.74, 6) is 0.394. The summed E-state index contributed by atoms with van der Waals surface area (Å²) in [5.41, 5.74) is 25.7. The second-order valence-electron chi connectivity index (χ2n) is 28.2. The molecule has 0 N–H and O–H groups in total. The fourth-order valence-corrected chi connectivity index (χ4v) is 16.8. The fourth-order valence-electron chi connectivity index (χ4n) is 16.8. The van der Waals surface area contributed by atoms with Gasteiger partial charge in [-0.25, -0.2) is 0 Å². The number of fused-ring (bicyclic) bond motifs is 6. The van der Waals surface area contributed by atoms with Crippen LogP contribution in [0, 0.1) is 0 Å². The summed E-state index contributed by atoms with van der Waals surface area (Å²) in [5, 5.41) is 0. The molecule has 11 rings (SSSR count). The zero-order valence-corrected chi connectivity index (χ0v) is 57.7. The van der Waals surface area contributed by atoms with Gasteiger partial charge in [-0.2, -0.15) is 0 Å². The number of anilines is 3. The van der Waals surface area contributed by atoms with Crippen molar-refractivity contribution < 1.29 is 0 Å². The molecule has 0 radical (unpaired) electrons. The molecule has 0 fully saturated rings. The Morgan fingerprint density at radius 2 is 0.699 bits per heavy atom. The first-order valence-corrected chi connectivity index (χ1v) is 37.7. The van der Waals surface area contributed by atoms with Gasteiger partial charge in [0.1, 0.15) is 0 Å². The number of rotatable bonds is 39. The molecule has 484 valence electrons. The van der Waals surface area contributed by atoms with Gasteiger partial charge in [-0.3, -0.25) is 0 Å². The monoisotopic (exact) mass is 1230 g/mol. The number of unbranched alkanes of at least 4 members (excludes halogenated alkanes) is 20. The molecule has 0 saturated carbocycles. The molecule has 1 unspecified atom stereocenters. The summed E-state index contributed by atoms with van der Waals surface area (Å²) >= 11 is 0. The maximum Gasteiger partial charge on any atom is 0.0540 e. The van der Waals surface area contributed by atoms with Crippen molar-refractivity contribution in [3.05, 3.63) is 257 Å². The Morgan fingerprint density at radius 3 is 1.22 bits per heavy atom. The topological polar surface area (TPSA) is 3.24 Å². The number of para-hydroxylation sites is 2. The summed E-state index contributed by atoms with van der Waals surface area (Å²) in [6, 6.07) is 84.8. The van der Waals surface area contributed by atoms with Crippen molar-refractivity contribution >= 4 is 17.1 Å². The molecule has 1 atom stereocenters. The van der Waals surface area contributed by atoms with Crippen LogP contribution in [-0.2, 0) is 23.7 Å². The van der Waals surface area contributed by atoms with E-state index in [2.05, 4.69) is 251 Å². The van der Waals surface area contributed by atoms with E-state index in [0.29, 0.717) is 5.92 Å². The molecule has 0 spiro atoms. The molecule has 93 heavy (non-hydrogen) atoms. The molecule has 9 aromatic rings. The number of hydrogen-bond acceptors (Lipinski definition) is 1. The van der Waals surface area contributed by atoms with Crippen LogP contribution in [0.1, 0.15) is 259 Å². The number of hydrogen-bond donors (Lipinski definition) is 0. The van der Waals surface area contributed by atoms with E-state index in [1.54, 1.807) is 27.8 Å². The van der Waals surface area contributed by atoms with Crippen LogP contribution < -0.4 is 4.90 Å². The van der Waals surface area contributed by atoms with E-state index in [-0.39, 0.29) is 10.8 Å². The predicted molar refractivity (Wildman–Crippen MR) is 404 cm³/mol. The number of nitrogens with zero attached hydrogens (tertiary/aromatic N) is 1. The Labute approximate surface area is 564 Å². The highest BCUT2D eigenvalue weighted by Crippen LogP contribution is 2.62. The van der Waals surface area contributed by atoms with E-state index in [4.69, 9.17) is 0 Å². The van der Waals surface area contributed by atoms with E-state index < -0.39 is 0 Å². The van der Waals surface area contributed by atoms with Crippen LogP contribution in [0.15, 0.2) is 218 Å². The van der Waals surface area contributed by atoms with Gasteiger partial charge in [0.2, 0.25) is 0 Å². The maximum absolute atomic E-state index is 2.87. The molecule has 0 bridgehead atoms. The maximum atomic E-state index is 2.87. The molecule has 0 aromatic heterocycles. The van der Waals surface area contributed by atoms with Crippen molar-refractivity contribution in [2.24, 2.45) is 0 Å². The van der Waals surface area contributed by atoms with Gasteiger partial charge in [0.15, 0.2) is 0 Å². The molecule has 2 aliphatic carbocycles. The highest BCUT2D eigenvalue weighted by atomic mass is 15.1. The van der Waals surface area contributed by atoms with E-state index in [0.717, 1.165) is 19.3 Å². The molecule has 0 amide bonds. The second-order valence-corrected chi connectivity index (χ2v) is 28.2. The highest BCUT2D eigenvalue weighted by Gasteiger charge is 2.48. The average molecular weight is 1230 g/mol. The van der Waals surface area contributed by atoms with Crippen molar-refractivity contribution in [2.75, 3.05) is 4.90 Å². The van der Waals surface area contributed by atoms with E-state index in [9.17, 15) is 0 Å². The SMILES string of the molecule is CCCCCCCCC1(CCCCCCCC)c2cc(CCC(Cc3ccccc3-c3ccccc3)c3ccccc3)ccc2-c2cc3c(cc21)-c1ccc(N(c2ccccc2)c2ccccc2-c2ccccc2)cc1C3(CCCCCCCC)CCCCCCCC. The first-order chi connectivity index (χ1) is 46.0. The van der Waals surface area contributed by atoms with Crippen molar-refractivity contribution in [1.82, 2.24) is 0 Å². The lowest BCUT2D eigenvalue weighted by molar-refractivity contribution is 0.394. The number of benzene rings is 9. The lowest BCUT2D eigenvalue weighted by atomic mass is 9.68. The Morgan fingerprint density at radius 1 is 0.301 bits per heavy atom. The third-order valence-electron chi connectivity index (χ3n) is 21.8. The van der Waals surface area contributed by atoms with Crippen LogP contribution in [-0.4, -0.2) is 0 Å². The summed E-state index contributed by atoms with van der Waals surface area (Å²) in [6.45, 7) is 9.45. The van der Waals surface area contributed by atoms with Crippen molar-refractivity contribution in [3.8, 4) is 44.5 Å². The molecule has 0 aliphatic heterocycles. The summed E-state index contributed by atoms with van der Waals surface area (Å²) in [4.78, 5) is 2.58. The third-order valence-corrected chi connectivity index (χ3v) is 21.8. The van der Waals surface area contributed by atoms with Crippen molar-refractivity contribution in [1.29, 1.82) is 0 Å². The van der Waals surface area contributed by atoms with E-state index in [1.807, 2.05) is 0 Å². The van der Waals surface area contributed by atoms with Crippen molar-refractivity contribution in [2.45, 2.75) is 243 Å². The van der Waals surface area contributed by atoms with Crippen LogP contribution in [0.25, 0.3) is 44.5 Å². The number of aryl methyl sites for hydroxylation is 1. The first-order valence-electron chi connectivity index (χ1n) is 37.7. The average Bonchev–Trinajstić information content (AvgIpc) is 1.53. The normalized spacial score (nSPS) is 13.5. The van der Waals surface area contributed by atoms with Crippen LogP contribution in [0.4, 0.5) is 17.1 Å². The molecule has 1 nitrogen and oxygen atoms in total. The van der Waals surface area contributed by atoms with Gasteiger partial charge < -0.3 is 4.90 Å². The quantitative estimate of drug-likeness (QED) is 0.0347. The highest BCUT2D eigenvalue weighted by molar-refractivity contribution is 5.93. The Bertz CT molecular complexity index is 3650. The fraction of sp³-hybridized carbons (Fsp3) is 0.413. The van der Waals surface area contributed by atoms with E-state index in [1.165, 1.54) is 252 Å². The standard InChI is InChI=1S/C92H111N/c1-5-9-13-17-21-41-63-91(64-42-22-18-14-10-6-2)86-67-72(57-59-76(73-45-29-25-30-46-73)68-77-51-37-38-54-80(77)74-47-31-26-32-48-74)58-61-82(86)84-70-89-85(71-88(84)91)83-62-60-79(69-87(83)92(89,65-43-23-19-15-11-7-3)66-44-24-20-16-12-8-4)93(78-52-35-28-36-53-78)90-56-40-39-55-81(90)75-49-33-27-34-50-75/h25-40,45-56,58,60-62,67,69-71,76H,5-24,41-44,57,59,63-66,68H2,1-4H3. The Hall–Kier alpha value is -7.22. The van der Waals surface area contributed by atoms with Gasteiger partial charge in [0.25, 0.3) is 0 Å². The summed E-state index contributed by atoms with van der Waals surface area (Å²) in [6.07, 6.45) is 39.5. The zero-order valence-electron chi connectivity index (χ0n) is 57.7. The zero-order chi connectivity index (χ0) is 63.9. The minimum absolute atomic E-state index is 0.0478. The van der Waals surface area contributed by atoms with Crippen molar-refractivity contribution in [3.63, 3.8) is 0 Å². The summed E-state index contributed by atoms with van der Waals surface area (Å²) in [7, 11) is 0. The molecular formula is C92H111N. The van der Waals surface area contributed by atoms with E-state index >= 15 is 0 Å². The van der Waals surface area contributed by atoms with Gasteiger partial charge >= 0.3 is 0 Å². The molecule has 2 aliphatic rings. The lowest BCUT2D eigenvalue weighted by Gasteiger charge is -2.35. The minimum Gasteiger partial charge on any atom is -0.310 e. The predicted octanol–water partition coefficient (Wildman–Crippen LogP) is 28.0. The van der Waals surface area contributed by atoms with Gasteiger partial charge in [0, 0.05) is 27.8 Å². The molecule has 9 aromatic carbocycles. The van der Waals surface area contributed by atoms with Crippen LogP contribution in [0.5, 0.6) is 0 Å². The smallest absolute Gasteiger partial charge is 0.0540 e. The Balaban J connectivity index is 1.06. The molecule has 1 heteroatoms.